The van der Waals surface area contributed by atoms with Crippen molar-refractivity contribution in [3.63, 3.8) is 0 Å². The van der Waals surface area contributed by atoms with E-state index in [0.29, 0.717) is 12.8 Å². The van der Waals surface area contributed by atoms with Crippen LogP contribution in [0, 0.1) is 10.8 Å². The number of ketones is 1. The molecule has 0 spiro atoms. The quantitative estimate of drug-likeness (QED) is 0.822. The van der Waals surface area contributed by atoms with Gasteiger partial charge in [0.2, 0.25) is 5.91 Å². The molecular formula is C14H27NO2. The molecule has 0 aromatic carbocycles. The third-order valence-electron chi connectivity index (χ3n) is 2.53. The molecule has 0 aliphatic rings. The number of nitrogens with one attached hydrogen (secondary N) is 1. The standard InChI is InChI=1S/C14H27NO2/c1-8-10(16)12(14(5,6)7)15-11(17)9-13(2,3)4/h12H,8-9H2,1-7H3,(H,15,17). The van der Waals surface area contributed by atoms with Crippen LogP contribution in [-0.4, -0.2) is 17.7 Å². The Morgan fingerprint density at radius 1 is 1.06 bits per heavy atom. The Hall–Kier alpha value is -0.860. The van der Waals surface area contributed by atoms with Crippen LogP contribution in [0.3, 0.4) is 0 Å². The van der Waals surface area contributed by atoms with Crippen molar-refractivity contribution in [2.45, 2.75) is 67.3 Å². The molecule has 0 aliphatic carbocycles. The van der Waals surface area contributed by atoms with Gasteiger partial charge in [0.15, 0.2) is 5.78 Å². The Morgan fingerprint density at radius 2 is 1.53 bits per heavy atom. The molecule has 17 heavy (non-hydrogen) atoms. The van der Waals surface area contributed by atoms with Crippen LogP contribution in [0.2, 0.25) is 0 Å². The number of hydrogen-bond acceptors (Lipinski definition) is 2. The van der Waals surface area contributed by atoms with E-state index in [-0.39, 0.29) is 28.6 Å². The SMILES string of the molecule is CCC(=O)C(NC(=O)CC(C)(C)C)C(C)(C)C. The van der Waals surface area contributed by atoms with Crippen LogP contribution in [-0.2, 0) is 9.59 Å². The van der Waals surface area contributed by atoms with Gasteiger partial charge in [-0.3, -0.25) is 9.59 Å². The van der Waals surface area contributed by atoms with Gasteiger partial charge in [-0.1, -0.05) is 48.5 Å². The lowest BCUT2D eigenvalue weighted by Crippen LogP contribution is -2.49. The van der Waals surface area contributed by atoms with Gasteiger partial charge in [0, 0.05) is 12.8 Å². The number of Topliss-reactive ketones (excluding diaryl/α,β-unsaturated/α-hetero) is 1. The predicted molar refractivity (Wildman–Crippen MR) is 70.8 cm³/mol. The predicted octanol–water partition coefficient (Wildman–Crippen LogP) is 2.93. The highest BCUT2D eigenvalue weighted by Crippen LogP contribution is 2.23. The maximum atomic E-state index is 11.9. The average Bonchev–Trinajstić information content (AvgIpc) is 2.08. The lowest BCUT2D eigenvalue weighted by molar-refractivity contribution is -0.131. The van der Waals surface area contributed by atoms with Crippen LogP contribution < -0.4 is 5.32 Å². The summed E-state index contributed by atoms with van der Waals surface area (Å²) in [4.78, 5) is 23.7. The summed E-state index contributed by atoms with van der Waals surface area (Å²) >= 11 is 0. The van der Waals surface area contributed by atoms with Gasteiger partial charge in [0.25, 0.3) is 0 Å². The summed E-state index contributed by atoms with van der Waals surface area (Å²) in [6.45, 7) is 13.8. The fraction of sp³-hybridized carbons (Fsp3) is 0.857. The Balaban J connectivity index is 4.67. The van der Waals surface area contributed by atoms with Crippen LogP contribution in [0.25, 0.3) is 0 Å². The lowest BCUT2D eigenvalue weighted by atomic mass is 9.82. The molecule has 0 radical (unpaired) electrons. The van der Waals surface area contributed by atoms with Gasteiger partial charge in [0.05, 0.1) is 6.04 Å². The second-order valence-corrected chi connectivity index (χ2v) is 6.92. The van der Waals surface area contributed by atoms with Crippen molar-refractivity contribution in [3.8, 4) is 0 Å². The monoisotopic (exact) mass is 241 g/mol. The molecule has 0 aliphatic heterocycles. The Morgan fingerprint density at radius 3 is 1.82 bits per heavy atom. The van der Waals surface area contributed by atoms with Crippen molar-refractivity contribution in [2.75, 3.05) is 0 Å². The molecule has 0 saturated carbocycles. The molecule has 1 amide bonds. The van der Waals surface area contributed by atoms with Crippen LogP contribution in [0.5, 0.6) is 0 Å². The average molecular weight is 241 g/mol. The van der Waals surface area contributed by atoms with Crippen molar-refractivity contribution < 1.29 is 9.59 Å². The van der Waals surface area contributed by atoms with Crippen molar-refractivity contribution in [3.05, 3.63) is 0 Å². The third-order valence-corrected chi connectivity index (χ3v) is 2.53. The fourth-order valence-corrected chi connectivity index (χ4v) is 1.68. The maximum absolute atomic E-state index is 11.9. The summed E-state index contributed by atoms with van der Waals surface area (Å²) in [5.41, 5.74) is -0.289. The van der Waals surface area contributed by atoms with E-state index in [1.165, 1.54) is 0 Å². The van der Waals surface area contributed by atoms with E-state index < -0.39 is 0 Å². The normalized spacial score (nSPS) is 14.3. The molecule has 0 aromatic rings. The summed E-state index contributed by atoms with van der Waals surface area (Å²) in [6, 6.07) is -0.387. The van der Waals surface area contributed by atoms with E-state index in [2.05, 4.69) is 5.32 Å². The van der Waals surface area contributed by atoms with E-state index in [1.807, 2.05) is 48.5 Å². The van der Waals surface area contributed by atoms with Gasteiger partial charge in [-0.2, -0.15) is 0 Å². The minimum atomic E-state index is -0.387. The van der Waals surface area contributed by atoms with Gasteiger partial charge in [-0.25, -0.2) is 0 Å². The maximum Gasteiger partial charge on any atom is 0.221 e. The van der Waals surface area contributed by atoms with Crippen molar-refractivity contribution in [1.29, 1.82) is 0 Å². The third kappa shape index (κ3) is 6.44. The first kappa shape index (κ1) is 16.1. The van der Waals surface area contributed by atoms with Gasteiger partial charge >= 0.3 is 0 Å². The number of carbonyl (C=O) groups excluding carboxylic acids is 2. The molecule has 100 valence electrons. The topological polar surface area (TPSA) is 46.2 Å². The second kappa shape index (κ2) is 5.65. The lowest BCUT2D eigenvalue weighted by Gasteiger charge is -2.31. The molecule has 1 N–H and O–H groups in total. The van der Waals surface area contributed by atoms with Crippen molar-refractivity contribution >= 4 is 11.7 Å². The molecule has 0 rings (SSSR count). The van der Waals surface area contributed by atoms with Gasteiger partial charge in [-0.05, 0) is 10.8 Å². The highest BCUT2D eigenvalue weighted by atomic mass is 16.2. The molecule has 1 atom stereocenters. The molecule has 0 fully saturated rings. The Kier molecular flexibility index (Phi) is 5.37. The van der Waals surface area contributed by atoms with Gasteiger partial charge < -0.3 is 5.32 Å². The molecule has 0 heterocycles. The fourth-order valence-electron chi connectivity index (χ4n) is 1.68. The van der Waals surface area contributed by atoms with Crippen molar-refractivity contribution in [1.82, 2.24) is 5.32 Å². The smallest absolute Gasteiger partial charge is 0.221 e. The Bertz CT molecular complexity index is 282. The van der Waals surface area contributed by atoms with Crippen LogP contribution in [0.15, 0.2) is 0 Å². The molecule has 3 nitrogen and oxygen atoms in total. The van der Waals surface area contributed by atoms with E-state index in [1.54, 1.807) is 0 Å². The summed E-state index contributed by atoms with van der Waals surface area (Å²) < 4.78 is 0. The number of rotatable bonds is 4. The van der Waals surface area contributed by atoms with Gasteiger partial charge in [-0.15, -0.1) is 0 Å². The molecule has 1 unspecified atom stereocenters. The van der Waals surface area contributed by atoms with E-state index in [4.69, 9.17) is 0 Å². The van der Waals surface area contributed by atoms with E-state index in [0.717, 1.165) is 0 Å². The summed E-state index contributed by atoms with van der Waals surface area (Å²) in [6.07, 6.45) is 0.897. The first-order chi connectivity index (χ1) is 7.47. The zero-order valence-corrected chi connectivity index (χ0v) is 12.3. The largest absolute Gasteiger partial charge is 0.346 e. The molecule has 0 bridgehead atoms. The molecule has 0 aromatic heterocycles. The first-order valence-corrected chi connectivity index (χ1v) is 6.29. The summed E-state index contributed by atoms with van der Waals surface area (Å²) in [7, 11) is 0. The summed E-state index contributed by atoms with van der Waals surface area (Å²) in [5.74, 6) is 0.0546. The zero-order valence-electron chi connectivity index (χ0n) is 12.3. The first-order valence-electron chi connectivity index (χ1n) is 6.29. The van der Waals surface area contributed by atoms with Crippen LogP contribution in [0.4, 0.5) is 0 Å². The number of amides is 1. The molecular weight excluding hydrogens is 214 g/mol. The zero-order chi connectivity index (χ0) is 13.9. The Labute approximate surface area is 105 Å². The molecule has 0 saturated heterocycles. The van der Waals surface area contributed by atoms with Crippen LogP contribution in [0.1, 0.15) is 61.3 Å². The van der Waals surface area contributed by atoms with E-state index >= 15 is 0 Å². The minimum Gasteiger partial charge on any atom is -0.346 e. The number of carbonyl (C=O) groups is 2. The highest BCUT2D eigenvalue weighted by Gasteiger charge is 2.32. The number of hydrogen-bond donors (Lipinski definition) is 1. The van der Waals surface area contributed by atoms with Crippen molar-refractivity contribution in [2.24, 2.45) is 10.8 Å². The van der Waals surface area contributed by atoms with Crippen LogP contribution >= 0.6 is 0 Å². The van der Waals surface area contributed by atoms with E-state index in [9.17, 15) is 9.59 Å². The van der Waals surface area contributed by atoms with Gasteiger partial charge in [0.1, 0.15) is 0 Å². The second-order valence-electron chi connectivity index (χ2n) is 6.92. The molecule has 3 heteroatoms. The minimum absolute atomic E-state index is 0.0424. The summed E-state index contributed by atoms with van der Waals surface area (Å²) in [5, 5.41) is 2.88. The highest BCUT2D eigenvalue weighted by molar-refractivity contribution is 5.89.